The number of para-hydroxylation sites is 1. The van der Waals surface area contributed by atoms with Gasteiger partial charge in [0.2, 0.25) is 5.91 Å². The van der Waals surface area contributed by atoms with Crippen molar-refractivity contribution in [1.82, 2.24) is 15.3 Å². The van der Waals surface area contributed by atoms with E-state index in [9.17, 15) is 9.90 Å². The minimum atomic E-state index is -0.586. The fourth-order valence-electron chi connectivity index (χ4n) is 5.80. The first-order valence-electron chi connectivity index (χ1n) is 9.69. The van der Waals surface area contributed by atoms with E-state index >= 15 is 0 Å². The molecule has 0 unspecified atom stereocenters. The first-order valence-corrected chi connectivity index (χ1v) is 9.69. The second-order valence-electron chi connectivity index (χ2n) is 8.16. The lowest BCUT2D eigenvalue weighted by atomic mass is 9.64. The number of piperidine rings is 1. The molecule has 2 fully saturated rings. The van der Waals surface area contributed by atoms with E-state index in [4.69, 9.17) is 5.84 Å². The molecule has 1 aliphatic carbocycles. The molecule has 26 heavy (non-hydrogen) atoms. The molecule has 5 rings (SSSR count). The monoisotopic (exact) mass is 354 g/mol. The molecular formula is C20H26N4O2. The van der Waals surface area contributed by atoms with E-state index in [1.165, 1.54) is 22.2 Å². The van der Waals surface area contributed by atoms with Crippen molar-refractivity contribution in [3.63, 3.8) is 0 Å². The maximum atomic E-state index is 12.4. The van der Waals surface area contributed by atoms with Crippen LogP contribution in [0.5, 0.6) is 0 Å². The van der Waals surface area contributed by atoms with E-state index in [1.54, 1.807) is 0 Å². The summed E-state index contributed by atoms with van der Waals surface area (Å²) >= 11 is 0. The van der Waals surface area contributed by atoms with Crippen LogP contribution in [0.4, 0.5) is 0 Å². The largest absolute Gasteiger partial charge is 0.392 e. The van der Waals surface area contributed by atoms with Crippen LogP contribution < -0.4 is 11.3 Å². The lowest BCUT2D eigenvalue weighted by Gasteiger charge is -2.51. The number of hydrazine groups is 1. The Morgan fingerprint density at radius 2 is 2.15 bits per heavy atom. The van der Waals surface area contributed by atoms with Crippen LogP contribution in [0.2, 0.25) is 0 Å². The van der Waals surface area contributed by atoms with Gasteiger partial charge in [-0.1, -0.05) is 18.2 Å². The Balaban J connectivity index is 1.52. The van der Waals surface area contributed by atoms with Gasteiger partial charge in [0.05, 0.1) is 18.1 Å². The average Bonchev–Trinajstić information content (AvgIpc) is 3.05. The van der Waals surface area contributed by atoms with Gasteiger partial charge >= 0.3 is 0 Å². The van der Waals surface area contributed by atoms with Crippen molar-refractivity contribution in [3.05, 3.63) is 35.5 Å². The molecule has 1 amide bonds. The fraction of sp³-hybridized carbons (Fsp3) is 0.550. The molecule has 2 aliphatic heterocycles. The number of aliphatic hydroxyl groups is 1. The number of carbonyl (C=O) groups excluding carboxylic acids is 1. The number of nitrogens with two attached hydrogens (primary N) is 1. The number of nitrogens with zero attached hydrogens (tertiary/aromatic N) is 1. The number of aromatic nitrogens is 1. The van der Waals surface area contributed by atoms with Gasteiger partial charge in [0, 0.05) is 29.7 Å². The van der Waals surface area contributed by atoms with Crippen molar-refractivity contribution in [2.45, 2.75) is 37.8 Å². The number of benzene rings is 1. The Bertz CT molecular complexity index is 847. The van der Waals surface area contributed by atoms with Crippen LogP contribution in [-0.2, 0) is 11.2 Å². The molecule has 1 saturated carbocycles. The minimum Gasteiger partial charge on any atom is -0.392 e. The van der Waals surface area contributed by atoms with Crippen molar-refractivity contribution < 1.29 is 9.90 Å². The average molecular weight is 354 g/mol. The van der Waals surface area contributed by atoms with Crippen LogP contribution in [0, 0.1) is 17.8 Å². The number of nitrogens with one attached hydrogen (secondary N) is 2. The van der Waals surface area contributed by atoms with Gasteiger partial charge < -0.3 is 10.1 Å². The molecular weight excluding hydrogens is 328 g/mol. The SMILES string of the molecule is NNC(=O)[C@@H]1[C@@H]2C[C@H]3c4[nH]c5ccccc5c4CCN3C[C@@H]2CC[C@@H]1O. The molecule has 0 bridgehead atoms. The van der Waals surface area contributed by atoms with Gasteiger partial charge in [0.1, 0.15) is 0 Å². The van der Waals surface area contributed by atoms with E-state index in [0.717, 1.165) is 32.4 Å². The Morgan fingerprint density at radius 1 is 1.31 bits per heavy atom. The molecule has 138 valence electrons. The third-order valence-corrected chi connectivity index (χ3v) is 6.99. The lowest BCUT2D eigenvalue weighted by molar-refractivity contribution is -0.139. The van der Waals surface area contributed by atoms with Gasteiger partial charge in [-0.3, -0.25) is 15.1 Å². The highest BCUT2D eigenvalue weighted by molar-refractivity contribution is 5.85. The number of amides is 1. The summed E-state index contributed by atoms with van der Waals surface area (Å²) in [7, 11) is 0. The zero-order valence-electron chi connectivity index (χ0n) is 14.8. The van der Waals surface area contributed by atoms with Crippen LogP contribution in [0.3, 0.4) is 0 Å². The number of rotatable bonds is 1. The van der Waals surface area contributed by atoms with Gasteiger partial charge in [0.15, 0.2) is 0 Å². The maximum Gasteiger partial charge on any atom is 0.239 e. The number of carbonyl (C=O) groups is 1. The van der Waals surface area contributed by atoms with Crippen molar-refractivity contribution >= 4 is 16.8 Å². The van der Waals surface area contributed by atoms with E-state index in [1.807, 2.05) is 0 Å². The first-order chi connectivity index (χ1) is 12.7. The van der Waals surface area contributed by atoms with Crippen molar-refractivity contribution in [2.24, 2.45) is 23.6 Å². The van der Waals surface area contributed by atoms with Gasteiger partial charge in [-0.2, -0.15) is 0 Å². The molecule has 5 atom stereocenters. The molecule has 3 heterocycles. The Morgan fingerprint density at radius 3 is 3.00 bits per heavy atom. The minimum absolute atomic E-state index is 0.181. The molecule has 1 aromatic heterocycles. The predicted molar refractivity (Wildman–Crippen MR) is 99.0 cm³/mol. The molecule has 5 N–H and O–H groups in total. The number of hydrogen-bond acceptors (Lipinski definition) is 4. The highest BCUT2D eigenvalue weighted by Gasteiger charge is 2.48. The van der Waals surface area contributed by atoms with Crippen LogP contribution in [-0.4, -0.2) is 40.1 Å². The summed E-state index contributed by atoms with van der Waals surface area (Å²) in [6.07, 6.45) is 3.07. The highest BCUT2D eigenvalue weighted by atomic mass is 16.3. The van der Waals surface area contributed by atoms with E-state index in [-0.39, 0.29) is 11.8 Å². The normalized spacial score (nSPS) is 34.0. The van der Waals surface area contributed by atoms with Gasteiger partial charge in [0.25, 0.3) is 0 Å². The van der Waals surface area contributed by atoms with E-state index < -0.39 is 12.0 Å². The van der Waals surface area contributed by atoms with Gasteiger partial charge in [-0.05, 0) is 49.1 Å². The molecule has 2 aromatic rings. The smallest absolute Gasteiger partial charge is 0.239 e. The number of H-pyrrole nitrogens is 1. The van der Waals surface area contributed by atoms with Crippen LogP contribution in [0.15, 0.2) is 24.3 Å². The van der Waals surface area contributed by atoms with Crippen molar-refractivity contribution in [2.75, 3.05) is 13.1 Å². The molecule has 0 spiro atoms. The highest BCUT2D eigenvalue weighted by Crippen LogP contribution is 2.49. The summed E-state index contributed by atoms with van der Waals surface area (Å²) in [5.41, 5.74) is 6.22. The third-order valence-electron chi connectivity index (χ3n) is 6.99. The summed E-state index contributed by atoms with van der Waals surface area (Å²) in [4.78, 5) is 18.6. The Labute approximate surface area is 152 Å². The lowest BCUT2D eigenvalue weighted by Crippen LogP contribution is -2.55. The molecule has 1 saturated heterocycles. The first kappa shape index (κ1) is 16.3. The summed E-state index contributed by atoms with van der Waals surface area (Å²) < 4.78 is 0. The number of aromatic amines is 1. The Kier molecular flexibility index (Phi) is 3.81. The zero-order chi connectivity index (χ0) is 17.8. The molecule has 3 aliphatic rings. The third kappa shape index (κ3) is 2.32. The van der Waals surface area contributed by atoms with Crippen LogP contribution in [0.25, 0.3) is 10.9 Å². The topological polar surface area (TPSA) is 94.4 Å². The Hall–Kier alpha value is -1.89. The summed E-state index contributed by atoms with van der Waals surface area (Å²) in [6, 6.07) is 8.79. The molecule has 1 aromatic carbocycles. The second-order valence-corrected chi connectivity index (χ2v) is 8.16. The van der Waals surface area contributed by atoms with Crippen LogP contribution in [0.1, 0.15) is 36.6 Å². The number of aliphatic hydroxyl groups excluding tert-OH is 1. The summed E-state index contributed by atoms with van der Waals surface area (Å²) in [5, 5.41) is 11.8. The van der Waals surface area contributed by atoms with Crippen molar-refractivity contribution in [3.8, 4) is 0 Å². The quantitative estimate of drug-likeness (QED) is 0.354. The number of fused-ring (bicyclic) bond motifs is 6. The van der Waals surface area contributed by atoms with E-state index in [2.05, 4.69) is 39.6 Å². The zero-order valence-corrected chi connectivity index (χ0v) is 14.8. The predicted octanol–water partition coefficient (Wildman–Crippen LogP) is 1.46. The maximum absolute atomic E-state index is 12.4. The summed E-state index contributed by atoms with van der Waals surface area (Å²) in [6.45, 7) is 2.07. The van der Waals surface area contributed by atoms with Crippen LogP contribution >= 0.6 is 0 Å². The second kappa shape index (κ2) is 6.08. The molecule has 6 nitrogen and oxygen atoms in total. The summed E-state index contributed by atoms with van der Waals surface area (Å²) in [5.74, 6) is 5.45. The van der Waals surface area contributed by atoms with E-state index in [0.29, 0.717) is 18.4 Å². The molecule has 6 heteroatoms. The standard InChI is InChI=1S/C20H26N4O2/c21-23-20(26)18-14-9-16-19-13(12-3-1-2-4-15(12)22-19)7-8-24(16)10-11(14)5-6-17(18)25/h1-4,11,14,16-18,22,25H,5-10,21H2,(H,23,26)/t11-,14+,16-,17-,18+/m0/s1. The van der Waals surface area contributed by atoms with Gasteiger partial charge in [-0.25, -0.2) is 5.84 Å². The molecule has 0 radical (unpaired) electrons. The van der Waals surface area contributed by atoms with Gasteiger partial charge in [-0.15, -0.1) is 0 Å². The fourth-order valence-corrected chi connectivity index (χ4v) is 5.80. The number of hydrogen-bond donors (Lipinski definition) is 4. The van der Waals surface area contributed by atoms with Crippen molar-refractivity contribution in [1.29, 1.82) is 0 Å².